The standard InChI is InChI=1S/C66H62Cl2N8O23/c1-24(79)71-54-58(87)57(86)47(23-78)98-66(54)99-59-28-5-9-43(38(68)15-28)97-46-18-30-17-45(56(46)85)96-42-8-2-25(11-37(42)67)10-31(22-77)72-60(88)49(69)26-3-7-40(83)44(16-26)95-34-13-29(12-32(80)19-34)50(70)61(89)73-52(30)63(91)74-51-27-4-6-39(82)35(14-27)48-36(20-33(81)21-41(48)84)53(65(93)94)75-64(92)55(59)76-62(51)90/h2-9,11-21,31,47,49-55,57-59,66,77-78,80-87H,10,22-23,69-70H2,1H3,(H,71,79)(H,72,88)(H,73,89)(H,74,91)(H,75,92)(H,76,90)(H,93,94)/t31-,47-,49-,50+,51-,52-,53+,54-,55+,57-,58-,59-,66+/m1/s1. The number of fused-ring (bicyclic) bond motifs is 15. The van der Waals surface area contributed by atoms with Crippen molar-refractivity contribution in [3.05, 3.63) is 164 Å². The summed E-state index contributed by atoms with van der Waals surface area (Å²) in [6, 6.07) is 6.27. The summed E-state index contributed by atoms with van der Waals surface area (Å²) in [5.74, 6) is -15.5. The van der Waals surface area contributed by atoms with Gasteiger partial charge in [-0.1, -0.05) is 47.5 Å². The van der Waals surface area contributed by atoms with Gasteiger partial charge in [-0.25, -0.2) is 4.79 Å². The van der Waals surface area contributed by atoms with Crippen LogP contribution in [-0.2, 0) is 49.5 Å². The van der Waals surface area contributed by atoms with E-state index in [-0.39, 0.29) is 62.3 Å². The van der Waals surface area contributed by atoms with Crippen molar-refractivity contribution in [2.75, 3.05) is 13.2 Å². The van der Waals surface area contributed by atoms with Crippen LogP contribution in [0.1, 0.15) is 82.2 Å². The van der Waals surface area contributed by atoms with E-state index >= 15 is 19.2 Å². The SMILES string of the molecule is CC(=O)N[C@H]1[C@H](O[C@@H]2c3ccc(c(Cl)c3)Oc3cc4cc(c3O)Oc3ccc(cc3Cl)C[C@H](CO)NC(=O)[C@H](N)c3ccc(O)c(c3)Oc3cc(O)cc(c3)[C@H](N)C(=O)N[C@H]4C(=O)N[C@H]3C(=O)N[C@@H]2C(=O)N[C@H](C(=O)O)c2cc(O)cc(O)c2-c2cc3ccc2O)O[C@H](CO)[C@@H](O)[C@@H]1O. The number of phenolic OH excluding ortho intramolecular Hbond substituents is 6. The highest BCUT2D eigenvalue weighted by Gasteiger charge is 2.49. The largest absolute Gasteiger partial charge is 0.508 e. The highest BCUT2D eigenvalue weighted by Crippen LogP contribution is 2.48. The van der Waals surface area contributed by atoms with Crippen molar-refractivity contribution in [3.8, 4) is 80.1 Å². The second-order valence-electron chi connectivity index (χ2n) is 23.5. The fourth-order valence-corrected chi connectivity index (χ4v) is 12.2. The van der Waals surface area contributed by atoms with E-state index in [1.807, 2.05) is 0 Å². The Morgan fingerprint density at radius 3 is 1.85 bits per heavy atom. The van der Waals surface area contributed by atoms with E-state index in [4.69, 9.17) is 58.4 Å². The van der Waals surface area contributed by atoms with E-state index in [1.54, 1.807) is 0 Å². The number of hydrogen-bond acceptors (Lipinski definition) is 24. The molecule has 13 rings (SSSR count). The number of carbonyl (C=O) groups is 7. The maximum absolute atomic E-state index is 15.9. The molecule has 0 spiro atoms. The smallest absolute Gasteiger partial charge is 0.330 e. The van der Waals surface area contributed by atoms with Crippen LogP contribution in [0.25, 0.3) is 11.1 Å². The first-order valence-corrected chi connectivity index (χ1v) is 30.8. The molecule has 6 amide bonds. The molecule has 0 aromatic heterocycles. The number of benzene rings is 7. The molecule has 6 heterocycles. The van der Waals surface area contributed by atoms with Crippen LogP contribution < -0.4 is 57.6 Å². The van der Waals surface area contributed by atoms with Crippen LogP contribution in [0.5, 0.6) is 69.0 Å². The summed E-state index contributed by atoms with van der Waals surface area (Å²) in [7, 11) is 0. The molecule has 1 saturated heterocycles. The Morgan fingerprint density at radius 2 is 1.18 bits per heavy atom. The molecule has 7 aromatic carbocycles. The number of aliphatic hydroxyl groups excluding tert-OH is 4. The zero-order valence-electron chi connectivity index (χ0n) is 51.3. The lowest BCUT2D eigenvalue weighted by atomic mass is 9.89. The summed E-state index contributed by atoms with van der Waals surface area (Å²) >= 11 is 14.0. The van der Waals surface area contributed by atoms with Crippen LogP contribution in [0, 0.1) is 0 Å². The molecular formula is C66H62Cl2N8O23. The third-order valence-corrected chi connectivity index (χ3v) is 17.3. The van der Waals surface area contributed by atoms with Crippen LogP contribution in [0.2, 0.25) is 10.0 Å². The molecule has 31 nitrogen and oxygen atoms in total. The van der Waals surface area contributed by atoms with Gasteiger partial charge in [0.2, 0.25) is 41.2 Å². The Bertz CT molecular complexity index is 4410. The molecule has 15 bridgehead atoms. The van der Waals surface area contributed by atoms with Gasteiger partial charge in [-0.05, 0) is 119 Å². The van der Waals surface area contributed by atoms with Crippen LogP contribution in [0.3, 0.4) is 0 Å². The normalized spacial score (nSPS) is 24.9. The minimum Gasteiger partial charge on any atom is -0.508 e. The molecule has 0 aliphatic carbocycles. The molecule has 99 heavy (non-hydrogen) atoms. The van der Waals surface area contributed by atoms with Crippen molar-refractivity contribution in [3.63, 3.8) is 0 Å². The van der Waals surface area contributed by atoms with Gasteiger partial charge in [-0.3, -0.25) is 28.8 Å². The molecule has 518 valence electrons. The Morgan fingerprint density at radius 1 is 0.576 bits per heavy atom. The fourth-order valence-electron chi connectivity index (χ4n) is 11.8. The van der Waals surface area contributed by atoms with Crippen molar-refractivity contribution < 1.29 is 113 Å². The average molecular weight is 1410 g/mol. The molecule has 0 unspecified atom stereocenters. The van der Waals surface area contributed by atoms with Crippen molar-refractivity contribution in [1.29, 1.82) is 0 Å². The van der Waals surface area contributed by atoms with E-state index in [0.717, 1.165) is 73.7 Å². The molecule has 0 saturated carbocycles. The number of amides is 6. The first kappa shape index (κ1) is 69.6. The quantitative estimate of drug-likeness (QED) is 0.114. The number of aromatic hydroxyl groups is 6. The lowest BCUT2D eigenvalue weighted by Crippen LogP contribution is -2.65. The monoisotopic (exact) mass is 1400 g/mol. The summed E-state index contributed by atoms with van der Waals surface area (Å²) in [5.41, 5.74) is 10.8. The van der Waals surface area contributed by atoms with E-state index in [1.165, 1.54) is 48.5 Å². The summed E-state index contributed by atoms with van der Waals surface area (Å²) in [6.45, 7) is -0.573. The molecule has 7 aromatic rings. The number of carboxylic acids is 1. The Labute approximate surface area is 569 Å². The first-order valence-electron chi connectivity index (χ1n) is 30.0. The lowest BCUT2D eigenvalue weighted by Gasteiger charge is -2.44. The Hall–Kier alpha value is -10.7. The minimum absolute atomic E-state index is 0.0598. The number of carboxylic acid groups (broad SMARTS) is 1. The summed E-state index contributed by atoms with van der Waals surface area (Å²) in [4.78, 5) is 102. The third-order valence-electron chi connectivity index (χ3n) is 16.7. The van der Waals surface area contributed by atoms with Gasteiger partial charge in [0.05, 0.1) is 29.3 Å². The van der Waals surface area contributed by atoms with Crippen LogP contribution in [-0.4, -0.2) is 154 Å². The van der Waals surface area contributed by atoms with Crippen molar-refractivity contribution in [2.45, 2.75) is 92.4 Å². The number of carbonyl (C=O) groups excluding carboxylic acids is 6. The Balaban J connectivity index is 1.14. The summed E-state index contributed by atoms with van der Waals surface area (Å²) < 4.78 is 31.0. The van der Waals surface area contributed by atoms with Gasteiger partial charge in [0.25, 0.3) is 0 Å². The number of halogens is 2. The van der Waals surface area contributed by atoms with Gasteiger partial charge in [0.1, 0.15) is 101 Å². The van der Waals surface area contributed by atoms with Gasteiger partial charge in [0, 0.05) is 35.7 Å². The van der Waals surface area contributed by atoms with E-state index < -0.39 is 201 Å². The molecule has 1 fully saturated rings. The van der Waals surface area contributed by atoms with Crippen molar-refractivity contribution >= 4 is 64.6 Å². The van der Waals surface area contributed by atoms with Gasteiger partial charge in [-0.15, -0.1) is 0 Å². The van der Waals surface area contributed by atoms with E-state index in [9.17, 15) is 70.6 Å². The summed E-state index contributed by atoms with van der Waals surface area (Å²) in [5, 5.41) is 137. The number of rotatable bonds is 6. The first-order chi connectivity index (χ1) is 47.1. The molecule has 0 radical (unpaired) electrons. The predicted octanol–water partition coefficient (Wildman–Crippen LogP) is 2.77. The second-order valence-corrected chi connectivity index (χ2v) is 24.3. The van der Waals surface area contributed by atoms with Gasteiger partial charge < -0.3 is 123 Å². The number of nitrogens with one attached hydrogen (secondary N) is 6. The van der Waals surface area contributed by atoms with Crippen molar-refractivity contribution in [2.24, 2.45) is 11.5 Å². The second kappa shape index (κ2) is 28.4. The Kier molecular flexibility index (Phi) is 20.0. The molecule has 13 atom stereocenters. The number of aliphatic hydroxyl groups is 4. The van der Waals surface area contributed by atoms with Gasteiger partial charge in [0.15, 0.2) is 35.3 Å². The molecule has 6 aliphatic heterocycles. The van der Waals surface area contributed by atoms with Crippen molar-refractivity contribution in [1.82, 2.24) is 31.9 Å². The third kappa shape index (κ3) is 14.5. The fraction of sp³-hybridized carbons (Fsp3) is 0.258. The lowest BCUT2D eigenvalue weighted by molar-refractivity contribution is -0.284. The average Bonchev–Trinajstić information content (AvgIpc) is 0.766. The molecule has 21 N–H and O–H groups in total. The van der Waals surface area contributed by atoms with Crippen LogP contribution >= 0.6 is 23.2 Å². The number of nitrogens with two attached hydrogens (primary N) is 2. The molecule has 6 aliphatic rings. The molecular weight excluding hydrogens is 1340 g/mol. The molecule has 33 heteroatoms. The van der Waals surface area contributed by atoms with Crippen LogP contribution in [0.4, 0.5) is 0 Å². The number of phenols is 6. The van der Waals surface area contributed by atoms with E-state index in [0.29, 0.717) is 5.56 Å². The topological polar surface area (TPSA) is 512 Å². The number of ether oxygens (including phenoxy) is 5. The maximum Gasteiger partial charge on any atom is 0.330 e. The zero-order valence-corrected chi connectivity index (χ0v) is 52.8. The summed E-state index contributed by atoms with van der Waals surface area (Å²) in [6.07, 6.45) is -9.84. The van der Waals surface area contributed by atoms with E-state index in [2.05, 4.69) is 31.9 Å². The zero-order chi connectivity index (χ0) is 71.2. The van der Waals surface area contributed by atoms with Gasteiger partial charge >= 0.3 is 5.97 Å². The van der Waals surface area contributed by atoms with Gasteiger partial charge in [-0.2, -0.15) is 0 Å². The minimum atomic E-state index is -2.36. The predicted molar refractivity (Wildman–Crippen MR) is 342 cm³/mol. The highest BCUT2D eigenvalue weighted by molar-refractivity contribution is 6.32. The maximum atomic E-state index is 15.9. The van der Waals surface area contributed by atoms with Crippen LogP contribution in [0.15, 0.2) is 115 Å². The number of hydrogen-bond donors (Lipinski definition) is 19. The highest BCUT2D eigenvalue weighted by atomic mass is 35.5. The number of aliphatic carboxylic acids is 1.